The van der Waals surface area contributed by atoms with Crippen LogP contribution >= 0.6 is 35.2 Å². The lowest BCUT2D eigenvalue weighted by Crippen LogP contribution is -2.09. The monoisotopic (exact) mass is 296 g/mol. The number of nitrogens with two attached hydrogens (primary N) is 1. The zero-order valence-corrected chi connectivity index (χ0v) is 12.3. The molecule has 94 valence electrons. The summed E-state index contributed by atoms with van der Waals surface area (Å²) in [6.07, 6.45) is 0. The molecule has 0 fully saturated rings. The van der Waals surface area contributed by atoms with Crippen molar-refractivity contribution < 1.29 is 0 Å². The zero-order valence-electron chi connectivity index (χ0n) is 9.87. The molecule has 0 aliphatic heterocycles. The van der Waals surface area contributed by atoms with E-state index >= 15 is 0 Å². The summed E-state index contributed by atoms with van der Waals surface area (Å²) in [6, 6.07) is 5.56. The largest absolute Gasteiger partial charge is 0.389 e. The number of thiocarbonyl (C=S) groups is 1. The molecular weight excluding hydrogens is 284 g/mol. The number of benzene rings is 1. The predicted octanol–water partition coefficient (Wildman–Crippen LogP) is 3.96. The van der Waals surface area contributed by atoms with Gasteiger partial charge in [0.05, 0.1) is 10.7 Å². The lowest BCUT2D eigenvalue weighted by Gasteiger charge is -2.09. The van der Waals surface area contributed by atoms with Gasteiger partial charge in [-0.1, -0.05) is 23.8 Å². The number of nitrogens with one attached hydrogen (secondary N) is 1. The van der Waals surface area contributed by atoms with Gasteiger partial charge in [-0.15, -0.1) is 0 Å². The van der Waals surface area contributed by atoms with Crippen molar-refractivity contribution in [1.29, 1.82) is 0 Å². The first-order chi connectivity index (χ1) is 8.58. The van der Waals surface area contributed by atoms with Crippen LogP contribution in [0.4, 0.5) is 5.69 Å². The van der Waals surface area contributed by atoms with E-state index in [2.05, 4.69) is 23.0 Å². The molecule has 2 aromatic rings. The predicted molar refractivity (Wildman–Crippen MR) is 83.7 cm³/mol. The first-order valence-electron chi connectivity index (χ1n) is 5.43. The molecular formula is C13H13ClN2S2. The van der Waals surface area contributed by atoms with Crippen molar-refractivity contribution in [3.63, 3.8) is 0 Å². The highest BCUT2D eigenvalue weighted by Gasteiger charge is 2.04. The van der Waals surface area contributed by atoms with Gasteiger partial charge in [-0.05, 0) is 47.0 Å². The molecule has 2 nitrogen and oxygen atoms in total. The lowest BCUT2D eigenvalue weighted by atomic mass is 10.2. The third-order valence-electron chi connectivity index (χ3n) is 2.68. The van der Waals surface area contributed by atoms with Gasteiger partial charge in [-0.25, -0.2) is 0 Å². The Morgan fingerprint density at radius 1 is 1.44 bits per heavy atom. The second-order valence-electron chi connectivity index (χ2n) is 3.99. The van der Waals surface area contributed by atoms with E-state index in [0.29, 0.717) is 10.0 Å². The molecule has 0 saturated heterocycles. The van der Waals surface area contributed by atoms with Crippen molar-refractivity contribution in [2.24, 2.45) is 5.73 Å². The molecule has 0 aliphatic rings. The van der Waals surface area contributed by atoms with Gasteiger partial charge in [-0.3, -0.25) is 0 Å². The van der Waals surface area contributed by atoms with Gasteiger partial charge in [-0.2, -0.15) is 11.3 Å². The summed E-state index contributed by atoms with van der Waals surface area (Å²) in [5, 5.41) is 8.22. The van der Waals surface area contributed by atoms with Crippen molar-refractivity contribution in [3.8, 4) is 0 Å². The first-order valence-corrected chi connectivity index (χ1v) is 7.15. The molecule has 0 aliphatic carbocycles. The normalized spacial score (nSPS) is 10.3. The minimum absolute atomic E-state index is 0.358. The summed E-state index contributed by atoms with van der Waals surface area (Å²) >= 11 is 12.8. The van der Waals surface area contributed by atoms with Gasteiger partial charge < -0.3 is 11.1 Å². The maximum Gasteiger partial charge on any atom is 0.104 e. The van der Waals surface area contributed by atoms with Crippen molar-refractivity contribution in [2.75, 3.05) is 5.32 Å². The number of hydrogen-bond donors (Lipinski definition) is 2. The van der Waals surface area contributed by atoms with Crippen LogP contribution in [0.3, 0.4) is 0 Å². The van der Waals surface area contributed by atoms with E-state index in [-0.39, 0.29) is 0 Å². The molecule has 0 unspecified atom stereocenters. The molecule has 0 bridgehead atoms. The Labute approximate surface area is 121 Å². The SMILES string of the molecule is Cc1cscc1CNc1ccc(C(N)=S)cc1Cl. The smallest absolute Gasteiger partial charge is 0.104 e. The number of halogens is 1. The maximum absolute atomic E-state index is 6.18. The highest BCUT2D eigenvalue weighted by atomic mass is 35.5. The number of thiophene rings is 1. The molecule has 0 saturated carbocycles. The summed E-state index contributed by atoms with van der Waals surface area (Å²) in [6.45, 7) is 2.87. The summed E-state index contributed by atoms with van der Waals surface area (Å²) in [5.74, 6) is 0. The van der Waals surface area contributed by atoms with Crippen LogP contribution in [0, 0.1) is 6.92 Å². The standard InChI is InChI=1S/C13H13ClN2S2/c1-8-6-18-7-10(8)5-16-12-3-2-9(13(15)17)4-11(12)14/h2-4,6-7,16H,5H2,1H3,(H2,15,17). The zero-order chi connectivity index (χ0) is 13.1. The Morgan fingerprint density at radius 3 is 2.78 bits per heavy atom. The van der Waals surface area contributed by atoms with Crippen LogP contribution in [-0.4, -0.2) is 4.99 Å². The third kappa shape index (κ3) is 3.02. The quantitative estimate of drug-likeness (QED) is 0.839. The molecule has 2 rings (SSSR count). The topological polar surface area (TPSA) is 38.0 Å². The number of anilines is 1. The fourth-order valence-electron chi connectivity index (χ4n) is 1.57. The lowest BCUT2D eigenvalue weighted by molar-refractivity contribution is 1.14. The Bertz CT molecular complexity index is 578. The van der Waals surface area contributed by atoms with E-state index in [9.17, 15) is 0 Å². The summed E-state index contributed by atoms with van der Waals surface area (Å²) in [7, 11) is 0. The van der Waals surface area contributed by atoms with Crippen LogP contribution in [0.5, 0.6) is 0 Å². The molecule has 1 aromatic carbocycles. The maximum atomic E-state index is 6.18. The number of rotatable bonds is 4. The highest BCUT2D eigenvalue weighted by molar-refractivity contribution is 7.80. The van der Waals surface area contributed by atoms with E-state index in [0.717, 1.165) is 17.8 Å². The van der Waals surface area contributed by atoms with Crippen molar-refractivity contribution >= 4 is 45.8 Å². The van der Waals surface area contributed by atoms with E-state index in [4.69, 9.17) is 29.6 Å². The van der Waals surface area contributed by atoms with E-state index in [1.54, 1.807) is 17.4 Å². The van der Waals surface area contributed by atoms with Gasteiger partial charge in [0, 0.05) is 12.1 Å². The van der Waals surface area contributed by atoms with Crippen molar-refractivity contribution in [3.05, 3.63) is 50.7 Å². The van der Waals surface area contributed by atoms with Crippen LogP contribution in [0.15, 0.2) is 29.0 Å². The average Bonchev–Trinajstić information content (AvgIpc) is 2.73. The van der Waals surface area contributed by atoms with E-state index in [1.807, 2.05) is 12.1 Å². The van der Waals surface area contributed by atoms with Gasteiger partial charge in [0.15, 0.2) is 0 Å². The van der Waals surface area contributed by atoms with E-state index < -0.39 is 0 Å². The van der Waals surface area contributed by atoms with Crippen LogP contribution in [-0.2, 0) is 6.54 Å². The Balaban J connectivity index is 2.11. The molecule has 1 heterocycles. The highest BCUT2D eigenvalue weighted by Crippen LogP contribution is 2.24. The van der Waals surface area contributed by atoms with Crippen molar-refractivity contribution in [1.82, 2.24) is 0 Å². The van der Waals surface area contributed by atoms with E-state index in [1.165, 1.54) is 11.1 Å². The molecule has 3 N–H and O–H groups in total. The summed E-state index contributed by atoms with van der Waals surface area (Å²) in [5.41, 5.74) is 9.81. The summed E-state index contributed by atoms with van der Waals surface area (Å²) < 4.78 is 0. The van der Waals surface area contributed by atoms with Crippen LogP contribution < -0.4 is 11.1 Å². The average molecular weight is 297 g/mol. The third-order valence-corrected chi connectivity index (χ3v) is 4.14. The van der Waals surface area contributed by atoms with Crippen molar-refractivity contribution in [2.45, 2.75) is 13.5 Å². The van der Waals surface area contributed by atoms with Gasteiger partial charge in [0.25, 0.3) is 0 Å². The minimum Gasteiger partial charge on any atom is -0.389 e. The Kier molecular flexibility index (Phi) is 4.22. The van der Waals surface area contributed by atoms with Crippen LogP contribution in [0.1, 0.15) is 16.7 Å². The molecule has 5 heteroatoms. The van der Waals surface area contributed by atoms with Gasteiger partial charge in [0.2, 0.25) is 0 Å². The van der Waals surface area contributed by atoms with Crippen LogP contribution in [0.2, 0.25) is 5.02 Å². The molecule has 0 atom stereocenters. The molecule has 0 amide bonds. The Morgan fingerprint density at radius 2 is 2.22 bits per heavy atom. The summed E-state index contributed by atoms with van der Waals surface area (Å²) in [4.78, 5) is 0.358. The van der Waals surface area contributed by atoms with Gasteiger partial charge >= 0.3 is 0 Å². The second kappa shape index (κ2) is 5.69. The molecule has 18 heavy (non-hydrogen) atoms. The Hall–Kier alpha value is -1.10. The minimum atomic E-state index is 0.358. The number of hydrogen-bond acceptors (Lipinski definition) is 3. The fraction of sp³-hybridized carbons (Fsp3) is 0.154. The molecule has 1 aromatic heterocycles. The second-order valence-corrected chi connectivity index (χ2v) is 5.58. The molecule has 0 radical (unpaired) electrons. The number of aryl methyl sites for hydroxylation is 1. The molecule has 0 spiro atoms. The fourth-order valence-corrected chi connectivity index (χ4v) is 2.80. The first kappa shape index (κ1) is 13.3. The van der Waals surface area contributed by atoms with Gasteiger partial charge in [0.1, 0.15) is 4.99 Å². The van der Waals surface area contributed by atoms with Crippen LogP contribution in [0.25, 0.3) is 0 Å².